The standard InChI is InChI=1S/C9H5BrF3N3O/c1-16-7(17)6-4(2-3-5(10)15-6)14-8(16)9(11,12)13/h2-3H,1H3. The Morgan fingerprint density at radius 1 is 1.29 bits per heavy atom. The van der Waals surface area contributed by atoms with Gasteiger partial charge in [0.25, 0.3) is 5.56 Å². The van der Waals surface area contributed by atoms with E-state index in [-0.39, 0.29) is 11.0 Å². The van der Waals surface area contributed by atoms with Crippen LogP contribution in [-0.4, -0.2) is 14.5 Å². The number of hydrogen-bond acceptors (Lipinski definition) is 3. The number of hydrogen-bond donors (Lipinski definition) is 0. The minimum Gasteiger partial charge on any atom is -0.290 e. The van der Waals surface area contributed by atoms with Crippen LogP contribution in [-0.2, 0) is 13.2 Å². The van der Waals surface area contributed by atoms with Gasteiger partial charge in [0.1, 0.15) is 4.60 Å². The lowest BCUT2D eigenvalue weighted by molar-refractivity contribution is -0.147. The topological polar surface area (TPSA) is 47.8 Å². The molecule has 0 spiro atoms. The molecule has 0 aliphatic heterocycles. The van der Waals surface area contributed by atoms with Gasteiger partial charge in [-0.1, -0.05) is 0 Å². The molecule has 2 rings (SSSR count). The van der Waals surface area contributed by atoms with Crippen molar-refractivity contribution in [1.29, 1.82) is 0 Å². The molecule has 0 amide bonds. The molecule has 0 saturated heterocycles. The molecule has 0 N–H and O–H groups in total. The van der Waals surface area contributed by atoms with Crippen molar-refractivity contribution in [3.05, 3.63) is 32.9 Å². The fraction of sp³-hybridized carbons (Fsp3) is 0.222. The SMILES string of the molecule is Cn1c(C(F)(F)F)nc2ccc(Br)nc2c1=O. The van der Waals surface area contributed by atoms with E-state index in [0.717, 1.165) is 7.05 Å². The summed E-state index contributed by atoms with van der Waals surface area (Å²) < 4.78 is 38.6. The third-order valence-electron chi connectivity index (χ3n) is 2.14. The van der Waals surface area contributed by atoms with Crippen LogP contribution in [0.4, 0.5) is 13.2 Å². The van der Waals surface area contributed by atoms with Crippen LogP contribution in [0.5, 0.6) is 0 Å². The number of pyridine rings is 1. The maximum atomic E-state index is 12.6. The zero-order valence-corrected chi connectivity index (χ0v) is 10.0. The van der Waals surface area contributed by atoms with Crippen molar-refractivity contribution in [3.63, 3.8) is 0 Å². The summed E-state index contributed by atoms with van der Waals surface area (Å²) in [5, 5.41) is 0. The van der Waals surface area contributed by atoms with Crippen LogP contribution in [0.1, 0.15) is 5.82 Å². The van der Waals surface area contributed by atoms with Crippen molar-refractivity contribution in [2.45, 2.75) is 6.18 Å². The number of fused-ring (bicyclic) bond motifs is 1. The fourth-order valence-corrected chi connectivity index (χ4v) is 1.68. The monoisotopic (exact) mass is 307 g/mol. The van der Waals surface area contributed by atoms with Gasteiger partial charge in [0.15, 0.2) is 5.52 Å². The lowest BCUT2D eigenvalue weighted by Gasteiger charge is -2.11. The first-order valence-corrected chi connectivity index (χ1v) is 5.20. The van der Waals surface area contributed by atoms with E-state index in [1.54, 1.807) is 0 Å². The Labute approximate surface area is 101 Å². The highest BCUT2D eigenvalue weighted by Crippen LogP contribution is 2.27. The van der Waals surface area contributed by atoms with Crippen LogP contribution in [0, 0.1) is 0 Å². The molecule has 0 fully saturated rings. The highest BCUT2D eigenvalue weighted by Gasteiger charge is 2.36. The summed E-state index contributed by atoms with van der Waals surface area (Å²) in [6, 6.07) is 2.73. The average molecular weight is 308 g/mol. The Hall–Kier alpha value is -1.44. The summed E-state index contributed by atoms with van der Waals surface area (Å²) in [4.78, 5) is 18.9. The lowest BCUT2D eigenvalue weighted by Crippen LogP contribution is -2.28. The molecule has 4 nitrogen and oxygen atoms in total. The molecule has 17 heavy (non-hydrogen) atoms. The van der Waals surface area contributed by atoms with E-state index in [9.17, 15) is 18.0 Å². The second-order valence-electron chi connectivity index (χ2n) is 3.30. The Morgan fingerprint density at radius 3 is 2.53 bits per heavy atom. The maximum absolute atomic E-state index is 12.6. The maximum Gasteiger partial charge on any atom is 0.449 e. The molecule has 0 aliphatic rings. The van der Waals surface area contributed by atoms with Crippen molar-refractivity contribution < 1.29 is 13.2 Å². The molecule has 0 atom stereocenters. The molecule has 0 aromatic carbocycles. The normalized spacial score (nSPS) is 12.1. The second kappa shape index (κ2) is 3.80. The van der Waals surface area contributed by atoms with Crippen molar-refractivity contribution >= 4 is 27.0 Å². The van der Waals surface area contributed by atoms with Crippen molar-refractivity contribution in [3.8, 4) is 0 Å². The molecule has 90 valence electrons. The van der Waals surface area contributed by atoms with Gasteiger partial charge in [-0.05, 0) is 28.1 Å². The van der Waals surface area contributed by atoms with Crippen molar-refractivity contribution in [2.75, 3.05) is 0 Å². The van der Waals surface area contributed by atoms with Crippen molar-refractivity contribution in [2.24, 2.45) is 7.05 Å². The molecule has 2 aromatic heterocycles. The molecule has 2 aromatic rings. The molecule has 2 heterocycles. The van der Waals surface area contributed by atoms with Gasteiger partial charge in [-0.25, -0.2) is 9.97 Å². The van der Waals surface area contributed by atoms with Crippen LogP contribution in [0.15, 0.2) is 21.5 Å². The third kappa shape index (κ3) is 2.04. The second-order valence-corrected chi connectivity index (χ2v) is 4.11. The van der Waals surface area contributed by atoms with Gasteiger partial charge in [-0.3, -0.25) is 9.36 Å². The molecule has 8 heteroatoms. The molecular weight excluding hydrogens is 303 g/mol. The predicted molar refractivity (Wildman–Crippen MR) is 57.5 cm³/mol. The Kier molecular flexibility index (Phi) is 2.69. The summed E-state index contributed by atoms with van der Waals surface area (Å²) in [7, 11) is 1.01. The number of rotatable bonds is 0. The van der Waals surface area contributed by atoms with Crippen LogP contribution < -0.4 is 5.56 Å². The number of alkyl halides is 3. The zero-order chi connectivity index (χ0) is 12.8. The first-order valence-electron chi connectivity index (χ1n) is 4.41. The van der Waals surface area contributed by atoms with E-state index in [1.807, 2.05) is 0 Å². The summed E-state index contributed by atoms with van der Waals surface area (Å²) in [5.41, 5.74) is -1.01. The van der Waals surface area contributed by atoms with E-state index < -0.39 is 17.6 Å². The molecule has 0 radical (unpaired) electrons. The summed E-state index contributed by atoms with van der Waals surface area (Å²) >= 11 is 3.04. The third-order valence-corrected chi connectivity index (χ3v) is 2.59. The molecule has 0 bridgehead atoms. The van der Waals surface area contributed by atoms with Crippen LogP contribution in [0.25, 0.3) is 11.0 Å². The Balaban J connectivity index is 2.90. The minimum absolute atomic E-state index is 0.0800. The Morgan fingerprint density at radius 2 is 1.94 bits per heavy atom. The van der Waals surface area contributed by atoms with Crippen LogP contribution in [0.2, 0.25) is 0 Å². The van der Waals surface area contributed by atoms with Gasteiger partial charge in [-0.2, -0.15) is 13.2 Å². The van der Waals surface area contributed by atoms with Gasteiger partial charge in [-0.15, -0.1) is 0 Å². The van der Waals surface area contributed by atoms with E-state index in [2.05, 4.69) is 25.9 Å². The first kappa shape index (κ1) is 12.0. The Bertz CT molecular complexity index is 650. The van der Waals surface area contributed by atoms with Gasteiger partial charge < -0.3 is 0 Å². The number of aromatic nitrogens is 3. The van der Waals surface area contributed by atoms with E-state index in [1.165, 1.54) is 12.1 Å². The largest absolute Gasteiger partial charge is 0.449 e. The van der Waals surface area contributed by atoms with Crippen molar-refractivity contribution in [1.82, 2.24) is 14.5 Å². The smallest absolute Gasteiger partial charge is 0.290 e. The quantitative estimate of drug-likeness (QED) is 0.700. The highest BCUT2D eigenvalue weighted by molar-refractivity contribution is 9.10. The van der Waals surface area contributed by atoms with E-state index in [0.29, 0.717) is 9.17 Å². The zero-order valence-electron chi connectivity index (χ0n) is 8.42. The first-order chi connectivity index (χ1) is 7.80. The molecule has 0 saturated carbocycles. The van der Waals surface area contributed by atoms with E-state index in [4.69, 9.17) is 0 Å². The fourth-order valence-electron chi connectivity index (χ4n) is 1.37. The van der Waals surface area contributed by atoms with Crippen LogP contribution >= 0.6 is 15.9 Å². The average Bonchev–Trinajstić information content (AvgIpc) is 2.22. The highest BCUT2D eigenvalue weighted by atomic mass is 79.9. The molecule has 0 aliphatic carbocycles. The van der Waals surface area contributed by atoms with Gasteiger partial charge >= 0.3 is 6.18 Å². The lowest BCUT2D eigenvalue weighted by atomic mass is 10.3. The molecule has 0 unspecified atom stereocenters. The summed E-state index contributed by atoms with van der Waals surface area (Å²) in [6.45, 7) is 0. The number of nitrogens with zero attached hydrogens (tertiary/aromatic N) is 3. The van der Waals surface area contributed by atoms with Gasteiger partial charge in [0, 0.05) is 7.05 Å². The van der Waals surface area contributed by atoms with Gasteiger partial charge in [0.05, 0.1) is 5.52 Å². The van der Waals surface area contributed by atoms with E-state index >= 15 is 0 Å². The van der Waals surface area contributed by atoms with Crippen LogP contribution in [0.3, 0.4) is 0 Å². The predicted octanol–water partition coefficient (Wildman–Crippen LogP) is 2.11. The van der Waals surface area contributed by atoms with Gasteiger partial charge in [0.2, 0.25) is 5.82 Å². The summed E-state index contributed by atoms with van der Waals surface area (Å²) in [6.07, 6.45) is -4.67. The minimum atomic E-state index is -4.67. The molecular formula is C9H5BrF3N3O. The summed E-state index contributed by atoms with van der Waals surface area (Å²) in [5.74, 6) is -1.24. The number of halogens is 4.